The monoisotopic (exact) mass is 373 g/mol. The van der Waals surface area contributed by atoms with Crippen LogP contribution in [0.15, 0.2) is 71.3 Å². The fraction of sp³-hybridized carbons (Fsp3) is 0.333. The number of carbonyl (C=O) groups is 1. The molecule has 0 radical (unpaired) electrons. The number of rotatable bonds is 5. The Morgan fingerprint density at radius 2 is 1.86 bits per heavy atom. The lowest BCUT2D eigenvalue weighted by Crippen LogP contribution is -2.37. The Hall–Kier alpha value is -2.72. The number of hydrazone groups is 1. The zero-order valence-electron chi connectivity index (χ0n) is 16.3. The molecular weight excluding hydrogens is 346 g/mol. The largest absolute Gasteiger partial charge is 0.309 e. The highest BCUT2D eigenvalue weighted by atomic mass is 16.2. The van der Waals surface area contributed by atoms with Gasteiger partial charge in [-0.25, -0.2) is 5.01 Å². The molecule has 0 aromatic heterocycles. The molecule has 144 valence electrons. The summed E-state index contributed by atoms with van der Waals surface area (Å²) in [5.74, 6) is 0.299. The number of hydrogen-bond donors (Lipinski definition) is 1. The maximum atomic E-state index is 12.9. The highest BCUT2D eigenvalue weighted by Gasteiger charge is 2.43. The summed E-state index contributed by atoms with van der Waals surface area (Å²) in [6, 6.07) is 20.7. The first-order valence-electron chi connectivity index (χ1n) is 10.2. The SMILES string of the molecule is CCNCC(=O)N1N=C2/C(=C/c3ccccc3)CCC[C@H]2[C@H]1c1ccccc1. The second-order valence-electron chi connectivity index (χ2n) is 7.44. The average Bonchev–Trinajstić information content (AvgIpc) is 3.14. The van der Waals surface area contributed by atoms with Crippen molar-refractivity contribution in [3.63, 3.8) is 0 Å². The summed E-state index contributed by atoms with van der Waals surface area (Å²) in [7, 11) is 0. The Balaban J connectivity index is 1.71. The molecule has 0 saturated heterocycles. The minimum Gasteiger partial charge on any atom is -0.309 e. The molecule has 1 aliphatic carbocycles. The average molecular weight is 374 g/mol. The van der Waals surface area contributed by atoms with Gasteiger partial charge in [0.1, 0.15) is 0 Å². The van der Waals surface area contributed by atoms with Crippen LogP contribution in [-0.4, -0.2) is 29.7 Å². The van der Waals surface area contributed by atoms with Crippen LogP contribution in [0, 0.1) is 5.92 Å². The predicted octanol–water partition coefficient (Wildman–Crippen LogP) is 4.42. The number of likely N-dealkylation sites (N-methyl/N-ethyl adjacent to an activating group) is 1. The van der Waals surface area contributed by atoms with Crippen molar-refractivity contribution in [1.29, 1.82) is 0 Å². The summed E-state index contributed by atoms with van der Waals surface area (Å²) in [5.41, 5.74) is 4.71. The molecule has 1 saturated carbocycles. The van der Waals surface area contributed by atoms with E-state index in [0.717, 1.165) is 37.1 Å². The van der Waals surface area contributed by atoms with E-state index in [1.807, 2.05) is 31.2 Å². The molecule has 2 aromatic rings. The van der Waals surface area contributed by atoms with Gasteiger partial charge in [0, 0.05) is 5.92 Å². The topological polar surface area (TPSA) is 44.7 Å². The molecule has 0 bridgehead atoms. The first kappa shape index (κ1) is 18.6. The van der Waals surface area contributed by atoms with Crippen molar-refractivity contribution in [3.05, 3.63) is 77.4 Å². The molecule has 1 heterocycles. The van der Waals surface area contributed by atoms with E-state index >= 15 is 0 Å². The van der Waals surface area contributed by atoms with Crippen LogP contribution in [0.25, 0.3) is 6.08 Å². The lowest BCUT2D eigenvalue weighted by molar-refractivity contribution is -0.132. The van der Waals surface area contributed by atoms with Crippen LogP contribution >= 0.6 is 0 Å². The molecule has 1 amide bonds. The highest BCUT2D eigenvalue weighted by Crippen LogP contribution is 2.44. The van der Waals surface area contributed by atoms with E-state index in [1.54, 1.807) is 5.01 Å². The van der Waals surface area contributed by atoms with Gasteiger partial charge in [-0.05, 0) is 48.6 Å². The van der Waals surface area contributed by atoms with Crippen molar-refractivity contribution < 1.29 is 4.79 Å². The molecule has 4 nitrogen and oxygen atoms in total. The molecule has 1 N–H and O–H groups in total. The highest BCUT2D eigenvalue weighted by molar-refractivity contribution is 6.08. The van der Waals surface area contributed by atoms with Gasteiger partial charge < -0.3 is 5.32 Å². The van der Waals surface area contributed by atoms with Gasteiger partial charge in [0.15, 0.2) is 0 Å². The second-order valence-corrected chi connectivity index (χ2v) is 7.44. The van der Waals surface area contributed by atoms with Crippen molar-refractivity contribution in [2.24, 2.45) is 11.0 Å². The molecule has 1 fully saturated rings. The summed E-state index contributed by atoms with van der Waals surface area (Å²) in [4.78, 5) is 12.9. The van der Waals surface area contributed by atoms with Crippen LogP contribution in [0.3, 0.4) is 0 Å². The summed E-state index contributed by atoms with van der Waals surface area (Å²) in [6.45, 7) is 3.11. The van der Waals surface area contributed by atoms with Crippen molar-refractivity contribution >= 4 is 17.7 Å². The number of nitrogens with one attached hydrogen (secondary N) is 1. The van der Waals surface area contributed by atoms with Crippen molar-refractivity contribution in [1.82, 2.24) is 10.3 Å². The Morgan fingerprint density at radius 3 is 2.57 bits per heavy atom. The smallest absolute Gasteiger partial charge is 0.257 e. The van der Waals surface area contributed by atoms with E-state index in [4.69, 9.17) is 5.10 Å². The number of hydrogen-bond acceptors (Lipinski definition) is 3. The minimum atomic E-state index is -0.0122. The third-order valence-corrected chi connectivity index (χ3v) is 5.56. The predicted molar refractivity (Wildman–Crippen MR) is 114 cm³/mol. The molecule has 2 aromatic carbocycles. The lowest BCUT2D eigenvalue weighted by Gasteiger charge is -2.29. The Bertz CT molecular complexity index is 873. The second kappa shape index (κ2) is 8.53. The number of benzene rings is 2. The van der Waals surface area contributed by atoms with E-state index in [1.165, 1.54) is 11.1 Å². The number of amides is 1. The summed E-state index contributed by atoms with van der Waals surface area (Å²) < 4.78 is 0. The maximum absolute atomic E-state index is 12.9. The third kappa shape index (κ3) is 3.78. The van der Waals surface area contributed by atoms with Gasteiger partial charge in [0.2, 0.25) is 0 Å². The standard InChI is InChI=1S/C24H27N3O/c1-2-25-17-22(28)27-24(19-12-7-4-8-13-19)21-15-9-14-20(23(21)26-27)16-18-10-5-3-6-11-18/h3-8,10-13,16,21,24-25H,2,9,14-15,17H2,1H3/b20-16+/t21-,24-/m1/s1. The molecule has 2 atom stereocenters. The zero-order valence-corrected chi connectivity index (χ0v) is 16.3. The third-order valence-electron chi connectivity index (χ3n) is 5.56. The van der Waals surface area contributed by atoms with Gasteiger partial charge in [-0.1, -0.05) is 67.6 Å². The normalized spacial score (nSPS) is 22.8. The van der Waals surface area contributed by atoms with E-state index in [2.05, 4.69) is 47.8 Å². The summed E-state index contributed by atoms with van der Waals surface area (Å²) >= 11 is 0. The van der Waals surface area contributed by atoms with Crippen LogP contribution in [-0.2, 0) is 4.79 Å². The van der Waals surface area contributed by atoms with E-state index in [0.29, 0.717) is 6.54 Å². The number of fused-ring (bicyclic) bond motifs is 1. The van der Waals surface area contributed by atoms with E-state index in [9.17, 15) is 4.79 Å². The molecule has 4 rings (SSSR count). The van der Waals surface area contributed by atoms with Gasteiger partial charge in [0.25, 0.3) is 5.91 Å². The van der Waals surface area contributed by atoms with E-state index in [-0.39, 0.29) is 17.9 Å². The van der Waals surface area contributed by atoms with Crippen LogP contribution in [0.1, 0.15) is 43.4 Å². The molecule has 4 heteroatoms. The minimum absolute atomic E-state index is 0.0122. The van der Waals surface area contributed by atoms with Gasteiger partial charge in [0.05, 0.1) is 18.3 Å². The van der Waals surface area contributed by atoms with E-state index < -0.39 is 0 Å². The number of allylic oxidation sites excluding steroid dienone is 1. The molecule has 1 aliphatic heterocycles. The van der Waals surface area contributed by atoms with Crippen LogP contribution < -0.4 is 5.32 Å². The van der Waals surface area contributed by atoms with Crippen molar-refractivity contribution in [2.45, 2.75) is 32.2 Å². The Morgan fingerprint density at radius 1 is 1.14 bits per heavy atom. The first-order valence-corrected chi connectivity index (χ1v) is 10.2. The van der Waals surface area contributed by atoms with Crippen molar-refractivity contribution in [3.8, 4) is 0 Å². The van der Waals surface area contributed by atoms with Gasteiger partial charge in [-0.2, -0.15) is 5.10 Å². The fourth-order valence-corrected chi connectivity index (χ4v) is 4.25. The number of nitrogens with zero attached hydrogens (tertiary/aromatic N) is 2. The Kier molecular flexibility index (Phi) is 5.68. The molecule has 2 aliphatic rings. The van der Waals surface area contributed by atoms with Crippen molar-refractivity contribution in [2.75, 3.05) is 13.1 Å². The number of carbonyl (C=O) groups excluding carboxylic acids is 1. The first-order chi connectivity index (χ1) is 13.8. The van der Waals surface area contributed by atoms with Crippen LogP contribution in [0.4, 0.5) is 0 Å². The molecular formula is C24H27N3O. The van der Waals surface area contributed by atoms with Gasteiger partial charge >= 0.3 is 0 Å². The van der Waals surface area contributed by atoms with Crippen LogP contribution in [0.5, 0.6) is 0 Å². The maximum Gasteiger partial charge on any atom is 0.257 e. The molecule has 0 unspecified atom stereocenters. The van der Waals surface area contributed by atoms with Crippen LogP contribution in [0.2, 0.25) is 0 Å². The summed E-state index contributed by atoms with van der Waals surface area (Å²) in [6.07, 6.45) is 5.45. The quantitative estimate of drug-likeness (QED) is 0.843. The summed E-state index contributed by atoms with van der Waals surface area (Å²) in [5, 5.41) is 9.78. The molecule has 28 heavy (non-hydrogen) atoms. The fourth-order valence-electron chi connectivity index (χ4n) is 4.25. The zero-order chi connectivity index (χ0) is 19.3. The van der Waals surface area contributed by atoms with Gasteiger partial charge in [-0.3, -0.25) is 4.79 Å². The lowest BCUT2D eigenvalue weighted by atomic mass is 9.77. The van der Waals surface area contributed by atoms with Gasteiger partial charge in [-0.15, -0.1) is 0 Å². The molecule has 0 spiro atoms. The Labute approximate surface area is 167 Å².